The number of aliphatic imine (C=N–C) groups is 2. The lowest BCUT2D eigenvalue weighted by Crippen LogP contribution is -2.53. The third-order valence-electron chi connectivity index (χ3n) is 5.69. The SMILES string of the molecule is CC1=CN2C(=NC1C)C(N1CCN(C)CC1)=Nc1ccc(C(C)C)cc12. The summed E-state index contributed by atoms with van der Waals surface area (Å²) in [7, 11) is 2.18. The number of benzene rings is 1. The van der Waals surface area contributed by atoms with Gasteiger partial charge in [-0.15, -0.1) is 0 Å². The van der Waals surface area contributed by atoms with Gasteiger partial charge >= 0.3 is 0 Å². The molecule has 4 rings (SSSR count). The summed E-state index contributed by atoms with van der Waals surface area (Å²) in [6.07, 6.45) is 2.25. The van der Waals surface area contributed by atoms with Crippen LogP contribution in [-0.2, 0) is 0 Å². The van der Waals surface area contributed by atoms with Crippen LogP contribution in [-0.4, -0.2) is 60.7 Å². The monoisotopic (exact) mass is 351 g/mol. The fraction of sp³-hybridized carbons (Fsp3) is 0.524. The van der Waals surface area contributed by atoms with Gasteiger partial charge < -0.3 is 9.80 Å². The Balaban J connectivity index is 1.81. The largest absolute Gasteiger partial charge is 0.351 e. The van der Waals surface area contributed by atoms with Crippen LogP contribution in [0.4, 0.5) is 11.4 Å². The zero-order valence-corrected chi connectivity index (χ0v) is 16.5. The van der Waals surface area contributed by atoms with Crippen LogP contribution >= 0.6 is 0 Å². The summed E-state index contributed by atoms with van der Waals surface area (Å²) in [5.74, 6) is 2.53. The average molecular weight is 351 g/mol. The lowest BCUT2D eigenvalue weighted by molar-refractivity contribution is 0.217. The Morgan fingerprint density at radius 3 is 2.50 bits per heavy atom. The Labute approximate surface area is 156 Å². The first-order valence-electron chi connectivity index (χ1n) is 9.66. The molecular weight excluding hydrogens is 322 g/mol. The van der Waals surface area contributed by atoms with Gasteiger partial charge in [0.15, 0.2) is 11.7 Å². The van der Waals surface area contributed by atoms with Crippen molar-refractivity contribution in [2.45, 2.75) is 39.7 Å². The maximum Gasteiger partial charge on any atom is 0.176 e. The summed E-state index contributed by atoms with van der Waals surface area (Å²) in [6, 6.07) is 6.85. The van der Waals surface area contributed by atoms with Crippen molar-refractivity contribution >= 4 is 23.0 Å². The quantitative estimate of drug-likeness (QED) is 0.775. The van der Waals surface area contributed by atoms with Crippen molar-refractivity contribution in [3.63, 3.8) is 0 Å². The second kappa shape index (κ2) is 6.54. The molecule has 0 aromatic heterocycles. The number of nitrogens with zero attached hydrogens (tertiary/aromatic N) is 5. The van der Waals surface area contributed by atoms with Crippen LogP contribution in [0.3, 0.4) is 0 Å². The van der Waals surface area contributed by atoms with Gasteiger partial charge in [-0.25, -0.2) is 4.99 Å². The number of hydrogen-bond donors (Lipinski definition) is 0. The minimum absolute atomic E-state index is 0.203. The van der Waals surface area contributed by atoms with Gasteiger partial charge in [0.1, 0.15) is 0 Å². The molecule has 5 nitrogen and oxygen atoms in total. The van der Waals surface area contributed by atoms with Crippen molar-refractivity contribution in [3.8, 4) is 0 Å². The highest BCUT2D eigenvalue weighted by atomic mass is 15.3. The lowest BCUT2D eigenvalue weighted by atomic mass is 10.00. The molecule has 1 atom stereocenters. The maximum absolute atomic E-state index is 5.06. The Morgan fingerprint density at radius 2 is 1.81 bits per heavy atom. The maximum atomic E-state index is 5.06. The number of amidine groups is 2. The van der Waals surface area contributed by atoms with Crippen LogP contribution < -0.4 is 4.90 Å². The van der Waals surface area contributed by atoms with E-state index >= 15 is 0 Å². The standard InChI is InChI=1S/C21H29N5/c1-14(2)17-6-7-18-19(12-17)26-13-15(3)16(4)22-21(26)20(23-18)25-10-8-24(5)9-11-25/h6-7,12-14,16H,8-11H2,1-5H3. The minimum Gasteiger partial charge on any atom is -0.351 e. The van der Waals surface area contributed by atoms with E-state index in [-0.39, 0.29) is 6.04 Å². The van der Waals surface area contributed by atoms with Gasteiger partial charge in [-0.1, -0.05) is 19.9 Å². The average Bonchev–Trinajstić information content (AvgIpc) is 2.62. The molecule has 3 heterocycles. The van der Waals surface area contributed by atoms with Crippen LogP contribution in [0.2, 0.25) is 0 Å². The molecular formula is C21H29N5. The van der Waals surface area contributed by atoms with Crippen LogP contribution in [0.25, 0.3) is 0 Å². The Kier molecular flexibility index (Phi) is 4.35. The van der Waals surface area contributed by atoms with Crippen LogP contribution in [0.15, 0.2) is 40.0 Å². The van der Waals surface area contributed by atoms with Gasteiger partial charge in [0.05, 0.1) is 17.4 Å². The molecule has 0 spiro atoms. The van der Waals surface area contributed by atoms with E-state index in [4.69, 9.17) is 9.98 Å². The summed E-state index contributed by atoms with van der Waals surface area (Å²) in [6.45, 7) is 12.9. The predicted octanol–water partition coefficient (Wildman–Crippen LogP) is 3.61. The number of likely N-dealkylation sites (N-methyl/N-ethyl adjacent to an activating group) is 1. The van der Waals surface area contributed by atoms with Crippen molar-refractivity contribution in [1.29, 1.82) is 0 Å². The Bertz CT molecular complexity index is 797. The van der Waals surface area contributed by atoms with Gasteiger partial charge in [-0.05, 0) is 50.1 Å². The molecule has 1 saturated heterocycles. The van der Waals surface area contributed by atoms with Gasteiger partial charge in [0.25, 0.3) is 0 Å². The fourth-order valence-corrected chi connectivity index (χ4v) is 3.65. The zero-order chi connectivity index (χ0) is 18.4. The molecule has 138 valence electrons. The molecule has 0 N–H and O–H groups in total. The molecule has 0 bridgehead atoms. The number of rotatable bonds is 1. The molecule has 0 amide bonds. The van der Waals surface area contributed by atoms with E-state index in [0.29, 0.717) is 5.92 Å². The van der Waals surface area contributed by atoms with E-state index in [9.17, 15) is 0 Å². The molecule has 26 heavy (non-hydrogen) atoms. The van der Waals surface area contributed by atoms with E-state index in [0.717, 1.165) is 49.2 Å². The minimum atomic E-state index is 0.203. The molecule has 1 aromatic carbocycles. The fourth-order valence-electron chi connectivity index (χ4n) is 3.65. The van der Waals surface area contributed by atoms with Gasteiger partial charge in [0, 0.05) is 32.4 Å². The number of anilines is 1. The second-order valence-corrected chi connectivity index (χ2v) is 8.00. The van der Waals surface area contributed by atoms with Gasteiger partial charge in [-0.3, -0.25) is 9.89 Å². The second-order valence-electron chi connectivity index (χ2n) is 8.00. The Hall–Kier alpha value is -2.14. The molecule has 0 radical (unpaired) electrons. The molecule has 0 saturated carbocycles. The summed E-state index contributed by atoms with van der Waals surface area (Å²) >= 11 is 0. The molecule has 1 aromatic rings. The molecule has 5 heteroatoms. The highest BCUT2D eigenvalue weighted by molar-refractivity contribution is 6.48. The van der Waals surface area contributed by atoms with Crippen molar-refractivity contribution < 1.29 is 0 Å². The van der Waals surface area contributed by atoms with Crippen molar-refractivity contribution in [3.05, 3.63) is 35.5 Å². The van der Waals surface area contributed by atoms with Crippen molar-refractivity contribution in [1.82, 2.24) is 9.80 Å². The van der Waals surface area contributed by atoms with E-state index in [2.05, 4.69) is 73.8 Å². The predicted molar refractivity (Wildman–Crippen MR) is 110 cm³/mol. The molecule has 3 aliphatic rings. The number of fused-ring (bicyclic) bond motifs is 3. The van der Waals surface area contributed by atoms with Gasteiger partial charge in [-0.2, -0.15) is 0 Å². The van der Waals surface area contributed by atoms with E-state index in [1.54, 1.807) is 0 Å². The first-order chi connectivity index (χ1) is 12.4. The molecule has 1 unspecified atom stereocenters. The smallest absolute Gasteiger partial charge is 0.176 e. The van der Waals surface area contributed by atoms with Crippen LogP contribution in [0.1, 0.15) is 39.2 Å². The first-order valence-corrected chi connectivity index (χ1v) is 9.66. The topological polar surface area (TPSA) is 34.4 Å². The highest BCUT2D eigenvalue weighted by Crippen LogP contribution is 2.38. The lowest BCUT2D eigenvalue weighted by Gasteiger charge is -2.40. The summed E-state index contributed by atoms with van der Waals surface area (Å²) in [4.78, 5) is 17.1. The zero-order valence-electron chi connectivity index (χ0n) is 16.5. The van der Waals surface area contributed by atoms with E-state index in [1.807, 2.05) is 0 Å². The molecule has 1 fully saturated rings. The van der Waals surface area contributed by atoms with E-state index < -0.39 is 0 Å². The van der Waals surface area contributed by atoms with Gasteiger partial charge in [0.2, 0.25) is 0 Å². The third kappa shape index (κ3) is 2.94. The highest BCUT2D eigenvalue weighted by Gasteiger charge is 2.33. The molecule has 0 aliphatic carbocycles. The van der Waals surface area contributed by atoms with E-state index in [1.165, 1.54) is 11.1 Å². The molecule has 3 aliphatic heterocycles. The summed E-state index contributed by atoms with van der Waals surface area (Å²) in [5, 5.41) is 0. The number of hydrogen-bond acceptors (Lipinski definition) is 5. The van der Waals surface area contributed by atoms with Crippen LogP contribution in [0, 0.1) is 0 Å². The summed E-state index contributed by atoms with van der Waals surface area (Å²) < 4.78 is 0. The van der Waals surface area contributed by atoms with Crippen molar-refractivity contribution in [2.75, 3.05) is 38.1 Å². The third-order valence-corrected chi connectivity index (χ3v) is 5.69. The van der Waals surface area contributed by atoms with Crippen molar-refractivity contribution in [2.24, 2.45) is 9.98 Å². The van der Waals surface area contributed by atoms with Crippen LogP contribution in [0.5, 0.6) is 0 Å². The summed E-state index contributed by atoms with van der Waals surface area (Å²) in [5.41, 5.74) is 4.82. The Morgan fingerprint density at radius 1 is 1.08 bits per heavy atom. The number of piperazine rings is 1. The normalized spacial score (nSPS) is 23.3. The first kappa shape index (κ1) is 17.3.